The molecule has 1 aromatic rings. The number of hydrogen-bond acceptors (Lipinski definition) is 3. The standard InChI is InChI=1S/C21H29NO2S/c1-21(2,3)24-20(23)22-14-8-12-17-11-7-13-19(15-17)25-16-18-9-5-4-6-10-18/h7,11,13,15,18H,4-6,9-10,14,16H2,1-3H3,(H,22,23). The van der Waals surface area contributed by atoms with Crippen molar-refractivity contribution in [1.29, 1.82) is 0 Å². The van der Waals surface area contributed by atoms with E-state index in [1.807, 2.05) is 38.6 Å². The minimum atomic E-state index is -0.485. The molecule has 0 aromatic heterocycles. The predicted molar refractivity (Wildman–Crippen MR) is 105 cm³/mol. The molecule has 136 valence electrons. The van der Waals surface area contributed by atoms with Crippen LogP contribution in [0.4, 0.5) is 4.79 Å². The molecule has 4 heteroatoms. The van der Waals surface area contributed by atoms with E-state index in [0.717, 1.165) is 11.5 Å². The van der Waals surface area contributed by atoms with Gasteiger partial charge in [-0.25, -0.2) is 4.79 Å². The predicted octanol–water partition coefficient (Wildman–Crippen LogP) is 5.24. The maximum Gasteiger partial charge on any atom is 0.408 e. The molecule has 1 aromatic carbocycles. The Hall–Kier alpha value is -1.60. The third-order valence-corrected chi connectivity index (χ3v) is 5.22. The van der Waals surface area contributed by atoms with Crippen molar-refractivity contribution >= 4 is 17.9 Å². The number of hydrogen-bond donors (Lipinski definition) is 1. The molecule has 1 amide bonds. The maximum atomic E-state index is 11.6. The Labute approximate surface area is 156 Å². The highest BCUT2D eigenvalue weighted by Crippen LogP contribution is 2.30. The van der Waals surface area contributed by atoms with E-state index in [9.17, 15) is 4.79 Å². The molecule has 2 rings (SSSR count). The lowest BCUT2D eigenvalue weighted by molar-refractivity contribution is 0.0535. The van der Waals surface area contributed by atoms with Crippen LogP contribution in [0.2, 0.25) is 0 Å². The quantitative estimate of drug-likeness (QED) is 0.590. The number of ether oxygens (including phenoxy) is 1. The fourth-order valence-corrected chi connectivity index (χ4v) is 3.95. The molecule has 1 saturated carbocycles. The van der Waals surface area contributed by atoms with Gasteiger partial charge >= 0.3 is 6.09 Å². The molecule has 0 aliphatic heterocycles. The van der Waals surface area contributed by atoms with Gasteiger partial charge in [-0.3, -0.25) is 0 Å². The van der Waals surface area contributed by atoms with E-state index in [1.54, 1.807) is 0 Å². The van der Waals surface area contributed by atoms with Gasteiger partial charge in [0, 0.05) is 16.2 Å². The van der Waals surface area contributed by atoms with Gasteiger partial charge in [-0.15, -0.1) is 11.8 Å². The van der Waals surface area contributed by atoms with Crippen molar-refractivity contribution in [3.05, 3.63) is 29.8 Å². The Morgan fingerprint density at radius 3 is 2.76 bits per heavy atom. The Morgan fingerprint density at radius 2 is 2.04 bits per heavy atom. The van der Waals surface area contributed by atoms with E-state index < -0.39 is 11.7 Å². The summed E-state index contributed by atoms with van der Waals surface area (Å²) in [5, 5.41) is 2.65. The lowest BCUT2D eigenvalue weighted by atomic mass is 9.91. The first-order chi connectivity index (χ1) is 11.9. The van der Waals surface area contributed by atoms with Crippen LogP contribution < -0.4 is 5.32 Å². The lowest BCUT2D eigenvalue weighted by Crippen LogP contribution is -2.32. The molecule has 0 unspecified atom stereocenters. The Morgan fingerprint density at radius 1 is 1.28 bits per heavy atom. The molecule has 0 radical (unpaired) electrons. The molecule has 0 heterocycles. The van der Waals surface area contributed by atoms with Crippen molar-refractivity contribution in [2.75, 3.05) is 12.3 Å². The first-order valence-electron chi connectivity index (χ1n) is 9.11. The van der Waals surface area contributed by atoms with E-state index in [2.05, 4.69) is 35.4 Å². The van der Waals surface area contributed by atoms with Crippen molar-refractivity contribution in [3.8, 4) is 11.8 Å². The summed E-state index contributed by atoms with van der Waals surface area (Å²) < 4.78 is 5.18. The highest BCUT2D eigenvalue weighted by atomic mass is 32.2. The van der Waals surface area contributed by atoms with Crippen LogP contribution in [-0.4, -0.2) is 24.0 Å². The molecule has 0 saturated heterocycles. The highest BCUT2D eigenvalue weighted by Gasteiger charge is 2.15. The van der Waals surface area contributed by atoms with E-state index in [4.69, 9.17) is 4.74 Å². The minimum absolute atomic E-state index is 0.286. The second-order valence-electron chi connectivity index (χ2n) is 7.50. The number of carbonyl (C=O) groups excluding carboxylic acids is 1. The van der Waals surface area contributed by atoms with E-state index in [1.165, 1.54) is 42.8 Å². The molecule has 1 aliphatic carbocycles. The molecule has 0 spiro atoms. The van der Waals surface area contributed by atoms with Crippen LogP contribution in [0.25, 0.3) is 0 Å². The summed E-state index contributed by atoms with van der Waals surface area (Å²) in [4.78, 5) is 12.8. The van der Waals surface area contributed by atoms with Crippen LogP contribution in [0.1, 0.15) is 58.4 Å². The van der Waals surface area contributed by atoms with Crippen molar-refractivity contribution < 1.29 is 9.53 Å². The monoisotopic (exact) mass is 359 g/mol. The lowest BCUT2D eigenvalue weighted by Gasteiger charge is -2.20. The molecule has 0 atom stereocenters. The molecule has 1 N–H and O–H groups in total. The largest absolute Gasteiger partial charge is 0.444 e. The van der Waals surface area contributed by atoms with Crippen LogP contribution in [0, 0.1) is 17.8 Å². The number of alkyl carbamates (subject to hydrolysis) is 1. The molecule has 1 aliphatic rings. The zero-order chi connectivity index (χ0) is 18.1. The average molecular weight is 360 g/mol. The van der Waals surface area contributed by atoms with Gasteiger partial charge in [0.1, 0.15) is 5.60 Å². The number of nitrogens with one attached hydrogen (secondary N) is 1. The maximum absolute atomic E-state index is 11.6. The van der Waals surface area contributed by atoms with Gasteiger partial charge in [0.15, 0.2) is 0 Å². The van der Waals surface area contributed by atoms with Crippen LogP contribution >= 0.6 is 11.8 Å². The second kappa shape index (κ2) is 9.77. The summed E-state index contributed by atoms with van der Waals surface area (Å²) in [7, 11) is 0. The third kappa shape index (κ3) is 8.36. The summed E-state index contributed by atoms with van der Waals surface area (Å²) >= 11 is 1.93. The molecule has 1 fully saturated rings. The van der Waals surface area contributed by atoms with Crippen LogP contribution in [0.15, 0.2) is 29.2 Å². The molecule has 0 bridgehead atoms. The highest BCUT2D eigenvalue weighted by molar-refractivity contribution is 7.99. The summed E-state index contributed by atoms with van der Waals surface area (Å²) in [6.45, 7) is 5.81. The second-order valence-corrected chi connectivity index (χ2v) is 8.59. The normalized spacial score (nSPS) is 15.2. The zero-order valence-electron chi connectivity index (χ0n) is 15.6. The van der Waals surface area contributed by atoms with Gasteiger partial charge in [-0.05, 0) is 57.7 Å². The van der Waals surface area contributed by atoms with Crippen molar-refractivity contribution in [2.24, 2.45) is 5.92 Å². The summed E-state index contributed by atoms with van der Waals surface area (Å²) in [5.41, 5.74) is 0.501. The number of thioether (sulfide) groups is 1. The van der Waals surface area contributed by atoms with Crippen LogP contribution in [-0.2, 0) is 4.74 Å². The SMILES string of the molecule is CC(C)(C)OC(=O)NCC#Cc1cccc(SCC2CCCCC2)c1. The zero-order valence-corrected chi connectivity index (χ0v) is 16.4. The average Bonchev–Trinajstić information content (AvgIpc) is 2.57. The number of carbonyl (C=O) groups is 1. The van der Waals surface area contributed by atoms with Gasteiger partial charge in [0.2, 0.25) is 0 Å². The molecular weight excluding hydrogens is 330 g/mol. The topological polar surface area (TPSA) is 38.3 Å². The van der Waals surface area contributed by atoms with Gasteiger partial charge in [-0.2, -0.15) is 0 Å². The van der Waals surface area contributed by atoms with Gasteiger partial charge in [-0.1, -0.05) is 37.2 Å². The Kier molecular flexibility index (Phi) is 7.71. The van der Waals surface area contributed by atoms with Gasteiger partial charge < -0.3 is 10.1 Å². The fraction of sp³-hybridized carbons (Fsp3) is 0.571. The summed E-state index contributed by atoms with van der Waals surface area (Å²) in [5.74, 6) is 8.16. The Balaban J connectivity index is 1.78. The van der Waals surface area contributed by atoms with E-state index in [-0.39, 0.29) is 6.54 Å². The smallest absolute Gasteiger partial charge is 0.408 e. The number of rotatable bonds is 4. The van der Waals surface area contributed by atoms with E-state index >= 15 is 0 Å². The Bertz CT molecular complexity index is 619. The molecule has 25 heavy (non-hydrogen) atoms. The van der Waals surface area contributed by atoms with Crippen molar-refractivity contribution in [3.63, 3.8) is 0 Å². The minimum Gasteiger partial charge on any atom is -0.444 e. The van der Waals surface area contributed by atoms with Crippen molar-refractivity contribution in [2.45, 2.75) is 63.4 Å². The summed E-state index contributed by atoms with van der Waals surface area (Å²) in [6.07, 6.45) is 6.51. The summed E-state index contributed by atoms with van der Waals surface area (Å²) in [6, 6.07) is 8.34. The van der Waals surface area contributed by atoms with Gasteiger partial charge in [0.05, 0.1) is 6.54 Å². The number of benzene rings is 1. The van der Waals surface area contributed by atoms with Gasteiger partial charge in [0.25, 0.3) is 0 Å². The van der Waals surface area contributed by atoms with Crippen molar-refractivity contribution in [1.82, 2.24) is 5.32 Å². The first kappa shape index (κ1) is 19.7. The fourth-order valence-electron chi connectivity index (χ4n) is 2.81. The molecule has 3 nitrogen and oxygen atoms in total. The third-order valence-electron chi connectivity index (χ3n) is 4.00. The van der Waals surface area contributed by atoms with E-state index in [0.29, 0.717) is 0 Å². The first-order valence-corrected chi connectivity index (χ1v) is 10.1. The van der Waals surface area contributed by atoms with Crippen LogP contribution in [0.3, 0.4) is 0 Å². The molecular formula is C21H29NO2S. The number of amides is 1. The van der Waals surface area contributed by atoms with Crippen LogP contribution in [0.5, 0.6) is 0 Å².